The van der Waals surface area contributed by atoms with Gasteiger partial charge in [-0.05, 0) is 36.8 Å². The van der Waals surface area contributed by atoms with Crippen molar-refractivity contribution in [2.45, 2.75) is 19.6 Å². The highest BCUT2D eigenvalue weighted by atomic mass is 19.4. The average Bonchev–Trinajstić information content (AvgIpc) is 2.78. The maximum Gasteiger partial charge on any atom is 0.406 e. The highest BCUT2D eigenvalue weighted by molar-refractivity contribution is 6.04. The Morgan fingerprint density at radius 3 is 2.67 bits per heavy atom. The monoisotopic (exact) mass is 298 g/mol. The third-order valence-corrected chi connectivity index (χ3v) is 2.81. The van der Waals surface area contributed by atoms with E-state index in [1.165, 1.54) is 30.5 Å². The number of phenols is 1. The van der Waals surface area contributed by atoms with E-state index in [0.717, 1.165) is 10.1 Å². The summed E-state index contributed by atoms with van der Waals surface area (Å²) in [5.41, 5.74) is 0.809. The molecule has 0 fully saturated rings. The number of nitrogens with zero attached hydrogens (tertiary/aromatic N) is 1. The average molecular weight is 298 g/mol. The van der Waals surface area contributed by atoms with Crippen LogP contribution in [0, 0.1) is 6.92 Å². The Morgan fingerprint density at radius 2 is 2.05 bits per heavy atom. The van der Waals surface area contributed by atoms with Gasteiger partial charge in [0.05, 0.1) is 5.69 Å². The summed E-state index contributed by atoms with van der Waals surface area (Å²) in [5, 5.41) is 12.1. The number of alkyl halides is 3. The van der Waals surface area contributed by atoms with Gasteiger partial charge >= 0.3 is 6.18 Å². The lowest BCUT2D eigenvalue weighted by molar-refractivity contribution is -0.140. The van der Waals surface area contributed by atoms with Crippen LogP contribution in [-0.2, 0) is 6.54 Å². The lowest BCUT2D eigenvalue weighted by Gasteiger charge is -2.12. The zero-order valence-corrected chi connectivity index (χ0v) is 11.1. The van der Waals surface area contributed by atoms with Crippen molar-refractivity contribution in [3.63, 3.8) is 0 Å². The van der Waals surface area contributed by atoms with E-state index in [0.29, 0.717) is 0 Å². The van der Waals surface area contributed by atoms with Crippen LogP contribution < -0.4 is 5.32 Å². The van der Waals surface area contributed by atoms with Crippen LogP contribution in [0.5, 0.6) is 5.75 Å². The molecule has 0 saturated heterocycles. The third-order valence-electron chi connectivity index (χ3n) is 2.81. The standard InChI is InChI=1S/C14H13F3N2O2/c1-9-4-5-10(12(20)7-9)18-13(21)11-3-2-6-19(11)8-14(15,16)17/h2-7,20H,8H2,1H3,(H,18,21). The molecule has 4 nitrogen and oxygen atoms in total. The molecule has 0 saturated carbocycles. The van der Waals surface area contributed by atoms with Gasteiger partial charge in [-0.15, -0.1) is 0 Å². The van der Waals surface area contributed by atoms with Gasteiger partial charge in [0, 0.05) is 6.20 Å². The van der Waals surface area contributed by atoms with Gasteiger partial charge in [0.15, 0.2) is 0 Å². The molecular weight excluding hydrogens is 285 g/mol. The fourth-order valence-electron chi connectivity index (χ4n) is 1.88. The number of carbonyl (C=O) groups is 1. The lowest BCUT2D eigenvalue weighted by atomic mass is 10.2. The highest BCUT2D eigenvalue weighted by Gasteiger charge is 2.29. The van der Waals surface area contributed by atoms with Gasteiger partial charge in [-0.3, -0.25) is 4.79 Å². The largest absolute Gasteiger partial charge is 0.506 e. The van der Waals surface area contributed by atoms with Gasteiger partial charge in [-0.2, -0.15) is 13.2 Å². The minimum Gasteiger partial charge on any atom is -0.506 e. The van der Waals surface area contributed by atoms with Gasteiger partial charge in [0.25, 0.3) is 5.91 Å². The lowest BCUT2D eigenvalue weighted by Crippen LogP contribution is -2.23. The quantitative estimate of drug-likeness (QED) is 0.854. The Hall–Kier alpha value is -2.44. The minimum atomic E-state index is -4.42. The van der Waals surface area contributed by atoms with E-state index in [1.54, 1.807) is 13.0 Å². The Bertz CT molecular complexity index is 662. The predicted molar refractivity (Wildman–Crippen MR) is 71.3 cm³/mol. The molecule has 7 heteroatoms. The number of aromatic hydroxyl groups is 1. The molecule has 2 rings (SSSR count). The van der Waals surface area contributed by atoms with Crippen LogP contribution >= 0.6 is 0 Å². The summed E-state index contributed by atoms with van der Waals surface area (Å²) in [5.74, 6) is -0.860. The third kappa shape index (κ3) is 3.77. The van der Waals surface area contributed by atoms with E-state index >= 15 is 0 Å². The Balaban J connectivity index is 2.19. The number of nitrogens with one attached hydrogen (secondary N) is 1. The van der Waals surface area contributed by atoms with E-state index in [-0.39, 0.29) is 17.1 Å². The number of aryl methyl sites for hydroxylation is 1. The molecule has 0 aliphatic rings. The Labute approximate surface area is 118 Å². The molecule has 1 aromatic carbocycles. The van der Waals surface area contributed by atoms with Crippen molar-refractivity contribution < 1.29 is 23.1 Å². The summed E-state index contributed by atoms with van der Waals surface area (Å²) in [6.07, 6.45) is -3.24. The van der Waals surface area contributed by atoms with Gasteiger partial charge in [-0.25, -0.2) is 0 Å². The van der Waals surface area contributed by atoms with Gasteiger partial charge in [-0.1, -0.05) is 6.07 Å². The number of hydrogen-bond donors (Lipinski definition) is 2. The van der Waals surface area contributed by atoms with Crippen molar-refractivity contribution in [2.24, 2.45) is 0 Å². The first-order valence-electron chi connectivity index (χ1n) is 6.09. The topological polar surface area (TPSA) is 54.3 Å². The summed E-state index contributed by atoms with van der Waals surface area (Å²) in [6, 6.07) is 7.25. The molecular formula is C14H13F3N2O2. The number of carbonyl (C=O) groups excluding carboxylic acids is 1. The molecule has 21 heavy (non-hydrogen) atoms. The smallest absolute Gasteiger partial charge is 0.406 e. The summed E-state index contributed by atoms with van der Waals surface area (Å²) < 4.78 is 38.0. The van der Waals surface area contributed by atoms with E-state index in [9.17, 15) is 23.1 Å². The van der Waals surface area contributed by atoms with Gasteiger partial charge in [0.2, 0.25) is 0 Å². The molecule has 0 aliphatic heterocycles. The number of aromatic nitrogens is 1. The first-order valence-corrected chi connectivity index (χ1v) is 6.09. The van der Waals surface area contributed by atoms with Gasteiger partial charge < -0.3 is 15.0 Å². The maximum absolute atomic E-state index is 12.4. The number of hydrogen-bond acceptors (Lipinski definition) is 2. The van der Waals surface area contributed by atoms with E-state index in [1.807, 2.05) is 0 Å². The molecule has 0 bridgehead atoms. The number of anilines is 1. The van der Waals surface area contributed by atoms with Crippen molar-refractivity contribution in [3.8, 4) is 5.75 Å². The van der Waals surface area contributed by atoms with Crippen LogP contribution in [0.1, 0.15) is 16.1 Å². The first kappa shape index (κ1) is 15.0. The second-order valence-electron chi connectivity index (χ2n) is 4.61. The fourth-order valence-corrected chi connectivity index (χ4v) is 1.88. The molecule has 1 heterocycles. The summed E-state index contributed by atoms with van der Waals surface area (Å²) in [6.45, 7) is 0.516. The number of rotatable bonds is 3. The molecule has 0 radical (unpaired) electrons. The van der Waals surface area contributed by atoms with Crippen LogP contribution in [0.4, 0.5) is 18.9 Å². The van der Waals surface area contributed by atoms with Gasteiger partial charge in [0.1, 0.15) is 18.0 Å². The molecule has 0 spiro atoms. The number of phenolic OH excluding ortho intramolecular Hbond substituents is 1. The molecule has 2 aromatic rings. The second kappa shape index (κ2) is 5.51. The number of amides is 1. The Morgan fingerprint density at radius 1 is 1.33 bits per heavy atom. The first-order chi connectivity index (χ1) is 9.76. The van der Waals surface area contributed by atoms with E-state index in [2.05, 4.69) is 5.32 Å². The molecule has 0 aliphatic carbocycles. The van der Waals surface area contributed by atoms with Crippen molar-refractivity contribution in [3.05, 3.63) is 47.8 Å². The van der Waals surface area contributed by atoms with Crippen molar-refractivity contribution >= 4 is 11.6 Å². The summed E-state index contributed by atoms with van der Waals surface area (Å²) in [7, 11) is 0. The van der Waals surface area contributed by atoms with Crippen LogP contribution in [0.25, 0.3) is 0 Å². The summed E-state index contributed by atoms with van der Waals surface area (Å²) in [4.78, 5) is 12.0. The zero-order chi connectivity index (χ0) is 15.6. The number of benzene rings is 1. The zero-order valence-electron chi connectivity index (χ0n) is 11.1. The second-order valence-corrected chi connectivity index (χ2v) is 4.61. The fraction of sp³-hybridized carbons (Fsp3) is 0.214. The maximum atomic E-state index is 12.4. The SMILES string of the molecule is Cc1ccc(NC(=O)c2cccn2CC(F)(F)F)c(O)c1. The normalized spacial score (nSPS) is 11.4. The highest BCUT2D eigenvalue weighted by Crippen LogP contribution is 2.25. The van der Waals surface area contributed by atoms with Crippen molar-refractivity contribution in [1.82, 2.24) is 4.57 Å². The molecule has 0 atom stereocenters. The summed E-state index contributed by atoms with van der Waals surface area (Å²) >= 11 is 0. The van der Waals surface area contributed by atoms with Crippen LogP contribution in [0.2, 0.25) is 0 Å². The Kier molecular flexibility index (Phi) is 3.93. The van der Waals surface area contributed by atoms with Crippen LogP contribution in [0.15, 0.2) is 36.5 Å². The van der Waals surface area contributed by atoms with E-state index in [4.69, 9.17) is 0 Å². The molecule has 1 aromatic heterocycles. The number of halogens is 3. The molecule has 2 N–H and O–H groups in total. The van der Waals surface area contributed by atoms with E-state index < -0.39 is 18.6 Å². The predicted octanol–water partition coefficient (Wildman–Crippen LogP) is 3.32. The molecule has 0 unspecified atom stereocenters. The van der Waals surface area contributed by atoms with Crippen LogP contribution in [-0.4, -0.2) is 21.8 Å². The van der Waals surface area contributed by atoms with Crippen LogP contribution in [0.3, 0.4) is 0 Å². The molecule has 1 amide bonds. The van der Waals surface area contributed by atoms with Crippen molar-refractivity contribution in [1.29, 1.82) is 0 Å². The van der Waals surface area contributed by atoms with Crippen molar-refractivity contribution in [2.75, 3.05) is 5.32 Å². The molecule has 112 valence electrons. The minimum absolute atomic E-state index is 0.132.